The van der Waals surface area contributed by atoms with Gasteiger partial charge in [-0.3, -0.25) is 4.79 Å². The molecule has 1 aromatic rings. The minimum atomic E-state index is -0.573. The number of aryl methyl sites for hydroxylation is 1. The zero-order valence-electron chi connectivity index (χ0n) is 9.90. The van der Waals surface area contributed by atoms with E-state index in [1.807, 2.05) is 19.1 Å². The smallest absolute Gasteiger partial charge is 0.241 e. The first-order valence-electron chi connectivity index (χ1n) is 5.09. The minimum Gasteiger partial charge on any atom is -0.383 e. The molecule has 4 nitrogen and oxygen atoms in total. The number of nitrogens with zero attached hydrogens (tertiary/aromatic N) is 1. The molecule has 5 heteroatoms. The average Bonchev–Trinajstić information content (AvgIpc) is 2.63. The molecule has 0 saturated heterocycles. The van der Waals surface area contributed by atoms with Crippen LogP contribution in [0.3, 0.4) is 0 Å². The lowest BCUT2D eigenvalue weighted by atomic mass is 10.3. The fourth-order valence-corrected chi connectivity index (χ4v) is 2.36. The maximum absolute atomic E-state index is 11.8. The predicted molar refractivity (Wildman–Crippen MR) is 65.4 cm³/mol. The van der Waals surface area contributed by atoms with Crippen LogP contribution in [-0.2, 0) is 16.1 Å². The minimum absolute atomic E-state index is 0.0899. The number of amides is 1. The van der Waals surface area contributed by atoms with E-state index in [0.29, 0.717) is 6.54 Å². The van der Waals surface area contributed by atoms with Gasteiger partial charge < -0.3 is 15.4 Å². The number of rotatable bonds is 5. The van der Waals surface area contributed by atoms with Crippen LogP contribution in [0.5, 0.6) is 0 Å². The highest BCUT2D eigenvalue weighted by atomic mass is 32.1. The lowest BCUT2D eigenvalue weighted by molar-refractivity contribution is -0.132. The van der Waals surface area contributed by atoms with Gasteiger partial charge in [-0.05, 0) is 19.1 Å². The summed E-state index contributed by atoms with van der Waals surface area (Å²) in [5.41, 5.74) is 5.67. The molecule has 1 unspecified atom stereocenters. The Labute approximate surface area is 100 Å². The highest BCUT2D eigenvalue weighted by Crippen LogP contribution is 2.16. The third kappa shape index (κ3) is 3.59. The number of ether oxygens (including phenoxy) is 1. The van der Waals surface area contributed by atoms with Crippen molar-refractivity contribution in [3.05, 3.63) is 21.9 Å². The molecule has 0 aliphatic carbocycles. The summed E-state index contributed by atoms with van der Waals surface area (Å²) >= 11 is 1.69. The van der Waals surface area contributed by atoms with Crippen LogP contribution in [0.4, 0.5) is 0 Å². The molecule has 1 rings (SSSR count). The van der Waals surface area contributed by atoms with Crippen LogP contribution in [0.15, 0.2) is 12.1 Å². The van der Waals surface area contributed by atoms with Crippen molar-refractivity contribution in [1.29, 1.82) is 0 Å². The molecule has 16 heavy (non-hydrogen) atoms. The lowest BCUT2D eigenvalue weighted by Gasteiger charge is -2.20. The Morgan fingerprint density at radius 3 is 2.81 bits per heavy atom. The number of methoxy groups -OCH3 is 1. The van der Waals surface area contributed by atoms with E-state index in [2.05, 4.69) is 0 Å². The summed E-state index contributed by atoms with van der Waals surface area (Å²) < 4.78 is 4.86. The fourth-order valence-electron chi connectivity index (χ4n) is 1.42. The molecule has 0 aliphatic heterocycles. The number of nitrogens with two attached hydrogens (primary N) is 1. The Bertz CT molecular complexity index is 352. The van der Waals surface area contributed by atoms with Gasteiger partial charge in [0.1, 0.15) is 6.04 Å². The molecule has 0 fully saturated rings. The van der Waals surface area contributed by atoms with Crippen LogP contribution in [-0.4, -0.2) is 37.6 Å². The van der Waals surface area contributed by atoms with Gasteiger partial charge in [0.2, 0.25) is 5.91 Å². The van der Waals surface area contributed by atoms with Gasteiger partial charge in [-0.2, -0.15) is 0 Å². The molecule has 0 aromatic carbocycles. The van der Waals surface area contributed by atoms with E-state index in [1.165, 1.54) is 12.0 Å². The van der Waals surface area contributed by atoms with E-state index in [0.717, 1.165) is 4.88 Å². The van der Waals surface area contributed by atoms with Crippen molar-refractivity contribution in [2.45, 2.75) is 19.5 Å². The number of likely N-dealkylation sites (N-methyl/N-ethyl adjacent to an activating group) is 1. The van der Waals surface area contributed by atoms with Gasteiger partial charge in [-0.15, -0.1) is 11.3 Å². The highest BCUT2D eigenvalue weighted by Gasteiger charge is 2.18. The van der Waals surface area contributed by atoms with E-state index >= 15 is 0 Å². The molecule has 0 aliphatic rings. The van der Waals surface area contributed by atoms with Crippen LogP contribution in [0.1, 0.15) is 9.75 Å². The second-order valence-electron chi connectivity index (χ2n) is 3.77. The highest BCUT2D eigenvalue weighted by molar-refractivity contribution is 7.11. The molecule has 0 bridgehead atoms. The van der Waals surface area contributed by atoms with Crippen molar-refractivity contribution in [1.82, 2.24) is 4.90 Å². The van der Waals surface area contributed by atoms with Gasteiger partial charge in [0, 0.05) is 23.9 Å². The van der Waals surface area contributed by atoms with Crippen LogP contribution in [0, 0.1) is 6.92 Å². The first-order chi connectivity index (χ1) is 7.54. The molecule has 0 radical (unpaired) electrons. The molecule has 1 heterocycles. The van der Waals surface area contributed by atoms with Gasteiger partial charge in [0.25, 0.3) is 0 Å². The summed E-state index contributed by atoms with van der Waals surface area (Å²) in [6, 6.07) is 3.51. The van der Waals surface area contributed by atoms with E-state index in [1.54, 1.807) is 23.3 Å². The predicted octanol–water partition coefficient (Wildman–Crippen LogP) is 0.989. The maximum Gasteiger partial charge on any atom is 0.241 e. The van der Waals surface area contributed by atoms with Gasteiger partial charge in [0.05, 0.1) is 13.2 Å². The summed E-state index contributed by atoms with van der Waals surface area (Å²) in [5, 5.41) is 0. The Kier molecular flexibility index (Phi) is 4.92. The quantitative estimate of drug-likeness (QED) is 0.837. The van der Waals surface area contributed by atoms with Crippen LogP contribution in [0.2, 0.25) is 0 Å². The van der Waals surface area contributed by atoms with E-state index in [9.17, 15) is 4.79 Å². The molecule has 2 N–H and O–H groups in total. The van der Waals surface area contributed by atoms with E-state index in [4.69, 9.17) is 10.5 Å². The Balaban J connectivity index is 2.51. The average molecular weight is 242 g/mol. The summed E-state index contributed by atoms with van der Waals surface area (Å²) in [6.45, 7) is 2.91. The standard InChI is InChI=1S/C11H18N2O2S/c1-8-4-5-9(16-8)6-13(2)11(14)10(12)7-15-3/h4-5,10H,6-7,12H2,1-3H3. The molecule has 1 atom stereocenters. The molecule has 1 aromatic heterocycles. The van der Waals surface area contributed by atoms with Gasteiger partial charge in [-0.25, -0.2) is 0 Å². The summed E-state index contributed by atoms with van der Waals surface area (Å²) in [5.74, 6) is -0.0899. The van der Waals surface area contributed by atoms with E-state index in [-0.39, 0.29) is 12.5 Å². The molecule has 1 amide bonds. The molecular weight excluding hydrogens is 224 g/mol. The van der Waals surface area contributed by atoms with Crippen LogP contribution < -0.4 is 5.73 Å². The normalized spacial score (nSPS) is 12.5. The third-order valence-corrected chi connectivity index (χ3v) is 3.21. The van der Waals surface area contributed by atoms with Crippen molar-refractivity contribution >= 4 is 17.2 Å². The van der Waals surface area contributed by atoms with Crippen molar-refractivity contribution in [3.8, 4) is 0 Å². The van der Waals surface area contributed by atoms with Gasteiger partial charge in [-0.1, -0.05) is 0 Å². The van der Waals surface area contributed by atoms with Crippen molar-refractivity contribution in [3.63, 3.8) is 0 Å². The third-order valence-electron chi connectivity index (χ3n) is 2.23. The zero-order chi connectivity index (χ0) is 12.1. The number of hydrogen-bond acceptors (Lipinski definition) is 4. The summed E-state index contributed by atoms with van der Waals surface area (Å²) in [7, 11) is 3.29. The number of carbonyl (C=O) groups excluding carboxylic acids is 1. The van der Waals surface area contributed by atoms with Gasteiger partial charge in [0.15, 0.2) is 0 Å². The number of carbonyl (C=O) groups is 1. The largest absolute Gasteiger partial charge is 0.383 e. The monoisotopic (exact) mass is 242 g/mol. The van der Waals surface area contributed by atoms with Crippen molar-refractivity contribution < 1.29 is 9.53 Å². The van der Waals surface area contributed by atoms with Crippen molar-refractivity contribution in [2.75, 3.05) is 20.8 Å². The topological polar surface area (TPSA) is 55.6 Å². The second kappa shape index (κ2) is 5.98. The maximum atomic E-state index is 11.8. The Morgan fingerprint density at radius 1 is 1.62 bits per heavy atom. The molecule has 0 saturated carbocycles. The summed E-state index contributed by atoms with van der Waals surface area (Å²) in [6.07, 6.45) is 0. The second-order valence-corrected chi connectivity index (χ2v) is 5.14. The van der Waals surface area contributed by atoms with Crippen LogP contribution >= 0.6 is 11.3 Å². The van der Waals surface area contributed by atoms with Crippen molar-refractivity contribution in [2.24, 2.45) is 5.73 Å². The lowest BCUT2D eigenvalue weighted by Crippen LogP contribution is -2.43. The molecule has 0 spiro atoms. The molecule has 90 valence electrons. The van der Waals surface area contributed by atoms with E-state index < -0.39 is 6.04 Å². The van der Waals surface area contributed by atoms with Crippen LogP contribution in [0.25, 0.3) is 0 Å². The van der Waals surface area contributed by atoms with Gasteiger partial charge >= 0.3 is 0 Å². The molecular formula is C11H18N2O2S. The zero-order valence-corrected chi connectivity index (χ0v) is 10.7. The fraction of sp³-hybridized carbons (Fsp3) is 0.545. The first-order valence-corrected chi connectivity index (χ1v) is 5.91. The SMILES string of the molecule is COCC(N)C(=O)N(C)Cc1ccc(C)s1. The number of thiophene rings is 1. The summed E-state index contributed by atoms with van der Waals surface area (Å²) in [4.78, 5) is 15.8. The Hall–Kier alpha value is -0.910. The number of hydrogen-bond donors (Lipinski definition) is 1. The first kappa shape index (κ1) is 13.2. The Morgan fingerprint density at radius 2 is 2.31 bits per heavy atom.